The van der Waals surface area contributed by atoms with Gasteiger partial charge in [0.2, 0.25) is 5.91 Å². The van der Waals surface area contributed by atoms with E-state index in [0.717, 1.165) is 26.1 Å². The van der Waals surface area contributed by atoms with Crippen molar-refractivity contribution in [1.29, 1.82) is 0 Å². The Bertz CT molecular complexity index is 718. The van der Waals surface area contributed by atoms with E-state index < -0.39 is 0 Å². The summed E-state index contributed by atoms with van der Waals surface area (Å²) in [4.78, 5) is 14.4. The number of anilines is 1. The standard InChI is InChI=1S/C18H18Cl2N2O/c19-16-6-5-15(11-17(16)20)21-18(23)8-10-22-9-7-13-3-1-2-4-14(13)12-22/h1-6,11H,7-10,12H2,(H,21,23). The van der Waals surface area contributed by atoms with E-state index in [1.807, 2.05) is 0 Å². The lowest BCUT2D eigenvalue weighted by molar-refractivity contribution is -0.116. The molecule has 1 aliphatic heterocycles. The molecule has 1 amide bonds. The van der Waals surface area contributed by atoms with E-state index >= 15 is 0 Å². The maximum absolute atomic E-state index is 12.1. The number of fused-ring (bicyclic) bond motifs is 1. The molecular formula is C18H18Cl2N2O. The van der Waals surface area contributed by atoms with Crippen LogP contribution in [0.15, 0.2) is 42.5 Å². The van der Waals surface area contributed by atoms with Gasteiger partial charge in [-0.25, -0.2) is 0 Å². The molecule has 23 heavy (non-hydrogen) atoms. The third-order valence-corrected chi connectivity index (χ3v) is 4.81. The van der Waals surface area contributed by atoms with Crippen molar-refractivity contribution in [2.24, 2.45) is 0 Å². The van der Waals surface area contributed by atoms with Gasteiger partial charge in [0.25, 0.3) is 0 Å². The van der Waals surface area contributed by atoms with Crippen LogP contribution < -0.4 is 5.32 Å². The Labute approximate surface area is 146 Å². The van der Waals surface area contributed by atoms with Crippen LogP contribution in [-0.4, -0.2) is 23.9 Å². The first-order valence-electron chi connectivity index (χ1n) is 7.66. The van der Waals surface area contributed by atoms with Crippen LogP contribution in [0.4, 0.5) is 5.69 Å². The van der Waals surface area contributed by atoms with E-state index in [2.05, 4.69) is 34.5 Å². The molecule has 3 nitrogen and oxygen atoms in total. The Morgan fingerprint density at radius 1 is 1.09 bits per heavy atom. The maximum atomic E-state index is 12.1. The first-order valence-corrected chi connectivity index (χ1v) is 8.41. The zero-order valence-corrected chi connectivity index (χ0v) is 14.2. The summed E-state index contributed by atoms with van der Waals surface area (Å²) in [6, 6.07) is 13.6. The number of carbonyl (C=O) groups is 1. The Balaban J connectivity index is 1.51. The number of amides is 1. The van der Waals surface area contributed by atoms with Crippen molar-refractivity contribution < 1.29 is 4.79 Å². The minimum Gasteiger partial charge on any atom is -0.326 e. The fourth-order valence-electron chi connectivity index (χ4n) is 2.80. The van der Waals surface area contributed by atoms with Gasteiger partial charge in [0.15, 0.2) is 0 Å². The predicted molar refractivity (Wildman–Crippen MR) is 95.1 cm³/mol. The van der Waals surface area contributed by atoms with Gasteiger partial charge < -0.3 is 5.32 Å². The molecule has 0 bridgehead atoms. The second-order valence-electron chi connectivity index (χ2n) is 5.72. The van der Waals surface area contributed by atoms with Crippen LogP contribution in [0.25, 0.3) is 0 Å². The molecular weight excluding hydrogens is 331 g/mol. The number of halogens is 2. The zero-order valence-electron chi connectivity index (χ0n) is 12.7. The van der Waals surface area contributed by atoms with Crippen molar-refractivity contribution in [3.8, 4) is 0 Å². The number of carbonyl (C=O) groups excluding carboxylic acids is 1. The van der Waals surface area contributed by atoms with Crippen molar-refractivity contribution in [3.63, 3.8) is 0 Å². The molecule has 0 spiro atoms. The van der Waals surface area contributed by atoms with E-state index in [-0.39, 0.29) is 5.91 Å². The van der Waals surface area contributed by atoms with Gasteiger partial charge in [-0.1, -0.05) is 47.5 Å². The van der Waals surface area contributed by atoms with Gasteiger partial charge in [0.05, 0.1) is 10.0 Å². The number of nitrogens with one attached hydrogen (secondary N) is 1. The molecule has 120 valence electrons. The Kier molecular flexibility index (Phi) is 5.21. The smallest absolute Gasteiger partial charge is 0.225 e. The summed E-state index contributed by atoms with van der Waals surface area (Å²) in [6.07, 6.45) is 1.51. The Hall–Kier alpha value is -1.55. The molecule has 5 heteroatoms. The second-order valence-corrected chi connectivity index (χ2v) is 6.54. The molecule has 0 unspecified atom stereocenters. The average Bonchev–Trinajstić information content (AvgIpc) is 2.56. The molecule has 0 saturated heterocycles. The summed E-state index contributed by atoms with van der Waals surface area (Å²) >= 11 is 11.8. The first kappa shape index (κ1) is 16.3. The number of benzene rings is 2. The van der Waals surface area contributed by atoms with E-state index in [1.165, 1.54) is 11.1 Å². The Morgan fingerprint density at radius 3 is 2.65 bits per heavy atom. The van der Waals surface area contributed by atoms with Crippen LogP contribution in [0.5, 0.6) is 0 Å². The highest BCUT2D eigenvalue weighted by molar-refractivity contribution is 6.42. The monoisotopic (exact) mass is 348 g/mol. The molecule has 1 N–H and O–H groups in total. The first-order chi connectivity index (χ1) is 11.1. The van der Waals surface area contributed by atoms with Gasteiger partial charge in [-0.3, -0.25) is 9.69 Å². The van der Waals surface area contributed by atoms with Crippen LogP contribution in [0, 0.1) is 0 Å². The van der Waals surface area contributed by atoms with Gasteiger partial charge in [-0.2, -0.15) is 0 Å². The molecule has 0 atom stereocenters. The third kappa shape index (κ3) is 4.25. The second kappa shape index (κ2) is 7.35. The summed E-state index contributed by atoms with van der Waals surface area (Å²) < 4.78 is 0. The summed E-state index contributed by atoms with van der Waals surface area (Å²) in [5.74, 6) is -0.0118. The van der Waals surface area contributed by atoms with E-state index in [4.69, 9.17) is 23.2 Å². The lowest BCUT2D eigenvalue weighted by atomic mass is 10.00. The van der Waals surface area contributed by atoms with Gasteiger partial charge in [0, 0.05) is 31.7 Å². The van der Waals surface area contributed by atoms with E-state index in [1.54, 1.807) is 18.2 Å². The van der Waals surface area contributed by atoms with Gasteiger partial charge >= 0.3 is 0 Å². The molecule has 1 heterocycles. The van der Waals surface area contributed by atoms with Crippen molar-refractivity contribution in [3.05, 3.63) is 63.6 Å². The highest BCUT2D eigenvalue weighted by Gasteiger charge is 2.16. The van der Waals surface area contributed by atoms with E-state index in [9.17, 15) is 4.79 Å². The average molecular weight is 349 g/mol. The van der Waals surface area contributed by atoms with Crippen LogP contribution in [-0.2, 0) is 17.8 Å². The van der Waals surface area contributed by atoms with Gasteiger partial charge in [0.1, 0.15) is 0 Å². The quantitative estimate of drug-likeness (QED) is 0.888. The highest BCUT2D eigenvalue weighted by atomic mass is 35.5. The third-order valence-electron chi connectivity index (χ3n) is 4.07. The minimum absolute atomic E-state index is 0.0118. The highest BCUT2D eigenvalue weighted by Crippen LogP contribution is 2.25. The molecule has 2 aromatic carbocycles. The van der Waals surface area contributed by atoms with Crippen molar-refractivity contribution in [1.82, 2.24) is 4.90 Å². The molecule has 3 rings (SSSR count). The molecule has 1 aliphatic rings. The molecule has 0 saturated carbocycles. The summed E-state index contributed by atoms with van der Waals surface area (Å²) in [7, 11) is 0. The number of hydrogen-bond donors (Lipinski definition) is 1. The fourth-order valence-corrected chi connectivity index (χ4v) is 3.10. The van der Waals surface area contributed by atoms with Crippen molar-refractivity contribution in [2.45, 2.75) is 19.4 Å². The topological polar surface area (TPSA) is 32.3 Å². The summed E-state index contributed by atoms with van der Waals surface area (Å²) in [5.41, 5.74) is 3.46. The Morgan fingerprint density at radius 2 is 1.87 bits per heavy atom. The number of rotatable bonds is 4. The largest absolute Gasteiger partial charge is 0.326 e. The molecule has 2 aromatic rings. The normalized spacial score (nSPS) is 14.3. The van der Waals surface area contributed by atoms with Crippen LogP contribution in [0.1, 0.15) is 17.5 Å². The number of nitrogens with zero attached hydrogens (tertiary/aromatic N) is 1. The van der Waals surface area contributed by atoms with Crippen LogP contribution in [0.2, 0.25) is 10.0 Å². The summed E-state index contributed by atoms with van der Waals surface area (Å²) in [6.45, 7) is 2.66. The lowest BCUT2D eigenvalue weighted by Crippen LogP contribution is -2.33. The van der Waals surface area contributed by atoms with Crippen LogP contribution in [0.3, 0.4) is 0 Å². The van der Waals surface area contributed by atoms with E-state index in [0.29, 0.717) is 22.2 Å². The van der Waals surface area contributed by atoms with Gasteiger partial charge in [-0.05, 0) is 35.7 Å². The molecule has 0 fully saturated rings. The molecule has 0 aromatic heterocycles. The predicted octanol–water partition coefficient (Wildman–Crippen LogP) is 4.38. The van der Waals surface area contributed by atoms with Crippen molar-refractivity contribution >= 4 is 34.8 Å². The molecule has 0 radical (unpaired) electrons. The fraction of sp³-hybridized carbons (Fsp3) is 0.278. The van der Waals surface area contributed by atoms with Crippen LogP contribution >= 0.6 is 23.2 Å². The van der Waals surface area contributed by atoms with Gasteiger partial charge in [-0.15, -0.1) is 0 Å². The summed E-state index contributed by atoms with van der Waals surface area (Å²) in [5, 5.41) is 3.78. The SMILES string of the molecule is O=C(CCN1CCc2ccccc2C1)Nc1ccc(Cl)c(Cl)c1. The van der Waals surface area contributed by atoms with Crippen molar-refractivity contribution in [2.75, 3.05) is 18.4 Å². The molecule has 0 aliphatic carbocycles. The zero-order chi connectivity index (χ0) is 16.2. The minimum atomic E-state index is -0.0118. The lowest BCUT2D eigenvalue weighted by Gasteiger charge is -2.28. The number of hydrogen-bond acceptors (Lipinski definition) is 2. The maximum Gasteiger partial charge on any atom is 0.225 e.